The van der Waals surface area contributed by atoms with Crippen molar-refractivity contribution >= 4 is 11.8 Å². The number of pyridine rings is 4. The summed E-state index contributed by atoms with van der Waals surface area (Å²) in [5.41, 5.74) is 15.2. The summed E-state index contributed by atoms with van der Waals surface area (Å²) in [6.45, 7) is 2.91. The molecule has 0 aliphatic carbocycles. The highest BCUT2D eigenvalue weighted by Crippen LogP contribution is 2.29. The molecule has 0 saturated heterocycles. The SMILES string of the molecule is NCCCNC(=O)c1ccc(CN(Cc2ccc(C(=O)NCCCN)cn2)C(c2ccccn2)c2ccccn2)nc1. The molecule has 0 unspecified atom stereocenters. The molecule has 11 heteroatoms. The summed E-state index contributed by atoms with van der Waals surface area (Å²) in [5.74, 6) is -0.369. The molecule has 0 saturated carbocycles. The van der Waals surface area contributed by atoms with Crippen molar-refractivity contribution in [2.45, 2.75) is 32.0 Å². The number of rotatable bonds is 15. The van der Waals surface area contributed by atoms with Crippen molar-refractivity contribution in [1.82, 2.24) is 35.5 Å². The second-order valence-electron chi connectivity index (χ2n) is 9.69. The van der Waals surface area contributed by atoms with Crippen LogP contribution in [-0.4, -0.2) is 62.8 Å². The highest BCUT2D eigenvalue weighted by Gasteiger charge is 2.26. The number of amides is 2. The molecule has 0 atom stereocenters. The fourth-order valence-corrected chi connectivity index (χ4v) is 4.37. The molecule has 0 aliphatic rings. The van der Waals surface area contributed by atoms with Crippen molar-refractivity contribution < 1.29 is 9.59 Å². The van der Waals surface area contributed by atoms with Crippen LogP contribution in [0.2, 0.25) is 0 Å². The van der Waals surface area contributed by atoms with Crippen molar-refractivity contribution in [3.05, 3.63) is 119 Å². The third-order valence-corrected chi connectivity index (χ3v) is 6.54. The average Bonchev–Trinajstić information content (AvgIpc) is 3.03. The van der Waals surface area contributed by atoms with Crippen LogP contribution in [0.25, 0.3) is 0 Å². The second kappa shape index (κ2) is 16.0. The summed E-state index contributed by atoms with van der Waals surface area (Å²) in [7, 11) is 0. The molecule has 2 amide bonds. The van der Waals surface area contributed by atoms with E-state index in [1.54, 1.807) is 36.9 Å². The molecular formula is C31H37N9O2. The number of aromatic nitrogens is 4. The molecule has 4 aromatic rings. The van der Waals surface area contributed by atoms with Gasteiger partial charge in [0.2, 0.25) is 0 Å². The van der Waals surface area contributed by atoms with Crippen LogP contribution in [0.5, 0.6) is 0 Å². The lowest BCUT2D eigenvalue weighted by atomic mass is 10.0. The maximum atomic E-state index is 12.5. The van der Waals surface area contributed by atoms with Crippen molar-refractivity contribution in [2.24, 2.45) is 11.5 Å². The predicted octanol–water partition coefficient (Wildman–Crippen LogP) is 2.22. The molecule has 4 rings (SSSR count). The van der Waals surface area contributed by atoms with Crippen molar-refractivity contribution in [3.8, 4) is 0 Å². The van der Waals surface area contributed by atoms with Gasteiger partial charge in [0, 0.05) is 51.0 Å². The zero-order valence-corrected chi connectivity index (χ0v) is 23.5. The van der Waals surface area contributed by atoms with Crippen LogP contribution >= 0.6 is 0 Å². The first-order valence-electron chi connectivity index (χ1n) is 14.0. The van der Waals surface area contributed by atoms with Gasteiger partial charge in [-0.15, -0.1) is 0 Å². The van der Waals surface area contributed by atoms with Gasteiger partial charge in [-0.05, 0) is 74.5 Å². The Labute approximate surface area is 245 Å². The van der Waals surface area contributed by atoms with Crippen molar-refractivity contribution in [1.29, 1.82) is 0 Å². The van der Waals surface area contributed by atoms with Gasteiger partial charge >= 0.3 is 0 Å². The Bertz CT molecular complexity index is 1280. The number of carbonyl (C=O) groups is 2. The van der Waals surface area contributed by atoms with Crippen LogP contribution < -0.4 is 22.1 Å². The summed E-state index contributed by atoms with van der Waals surface area (Å²) in [5, 5.41) is 5.70. The number of nitrogens with two attached hydrogens (primary N) is 2. The van der Waals surface area contributed by atoms with Gasteiger partial charge in [-0.25, -0.2) is 0 Å². The largest absolute Gasteiger partial charge is 0.352 e. The minimum atomic E-state index is -0.311. The van der Waals surface area contributed by atoms with Gasteiger partial charge < -0.3 is 22.1 Å². The summed E-state index contributed by atoms with van der Waals surface area (Å²) in [4.78, 5) is 45.6. The first-order chi connectivity index (χ1) is 20.6. The molecule has 42 heavy (non-hydrogen) atoms. The maximum absolute atomic E-state index is 12.5. The summed E-state index contributed by atoms with van der Waals surface area (Å²) >= 11 is 0. The third kappa shape index (κ3) is 8.71. The van der Waals surface area contributed by atoms with E-state index < -0.39 is 0 Å². The average molecular weight is 568 g/mol. The molecule has 4 aromatic heterocycles. The molecule has 4 heterocycles. The van der Waals surface area contributed by atoms with Crippen LogP contribution in [0, 0.1) is 0 Å². The molecular weight excluding hydrogens is 530 g/mol. The van der Waals surface area contributed by atoms with E-state index in [9.17, 15) is 9.59 Å². The number of carbonyl (C=O) groups excluding carboxylic acids is 2. The number of hydrogen-bond donors (Lipinski definition) is 4. The molecule has 0 radical (unpaired) electrons. The van der Waals surface area contributed by atoms with Gasteiger partial charge in [0.25, 0.3) is 11.8 Å². The monoisotopic (exact) mass is 567 g/mol. The van der Waals surface area contributed by atoms with E-state index in [2.05, 4.69) is 35.5 Å². The first-order valence-corrected chi connectivity index (χ1v) is 14.0. The van der Waals surface area contributed by atoms with Crippen LogP contribution in [0.4, 0.5) is 0 Å². The Hall–Kier alpha value is -4.58. The Morgan fingerprint density at radius 2 is 1.14 bits per heavy atom. The first kappa shape index (κ1) is 30.4. The van der Waals surface area contributed by atoms with Crippen LogP contribution in [0.15, 0.2) is 85.5 Å². The lowest BCUT2D eigenvalue weighted by Gasteiger charge is -2.30. The zero-order chi connectivity index (χ0) is 29.6. The van der Waals surface area contributed by atoms with Crippen molar-refractivity contribution in [3.63, 3.8) is 0 Å². The van der Waals surface area contributed by atoms with Crippen LogP contribution in [0.3, 0.4) is 0 Å². The molecule has 0 spiro atoms. The van der Waals surface area contributed by atoms with Gasteiger partial charge in [0.1, 0.15) is 0 Å². The van der Waals surface area contributed by atoms with Gasteiger partial charge in [0.05, 0.1) is 39.9 Å². The van der Waals surface area contributed by atoms with E-state index in [1.165, 1.54) is 0 Å². The highest BCUT2D eigenvalue weighted by atomic mass is 16.2. The summed E-state index contributed by atoms with van der Waals surface area (Å²) < 4.78 is 0. The van der Waals surface area contributed by atoms with Gasteiger partial charge in [-0.3, -0.25) is 34.4 Å². The topological polar surface area (TPSA) is 165 Å². The minimum Gasteiger partial charge on any atom is -0.352 e. The smallest absolute Gasteiger partial charge is 0.252 e. The Balaban J connectivity index is 1.61. The number of nitrogens with zero attached hydrogens (tertiary/aromatic N) is 5. The van der Waals surface area contributed by atoms with E-state index >= 15 is 0 Å². The molecule has 0 bridgehead atoms. The van der Waals surface area contributed by atoms with E-state index in [-0.39, 0.29) is 17.9 Å². The van der Waals surface area contributed by atoms with Crippen LogP contribution in [-0.2, 0) is 13.1 Å². The van der Waals surface area contributed by atoms with E-state index in [0.29, 0.717) is 63.2 Å². The fourth-order valence-electron chi connectivity index (χ4n) is 4.37. The Morgan fingerprint density at radius 3 is 1.50 bits per heavy atom. The number of nitrogens with one attached hydrogen (secondary N) is 2. The zero-order valence-electron chi connectivity index (χ0n) is 23.5. The minimum absolute atomic E-state index is 0.185. The predicted molar refractivity (Wildman–Crippen MR) is 160 cm³/mol. The number of hydrogen-bond acceptors (Lipinski definition) is 9. The molecule has 0 fully saturated rings. The van der Waals surface area contributed by atoms with E-state index in [1.807, 2.05) is 48.5 Å². The second-order valence-corrected chi connectivity index (χ2v) is 9.69. The summed E-state index contributed by atoms with van der Waals surface area (Å²) in [6, 6.07) is 18.5. The highest BCUT2D eigenvalue weighted by molar-refractivity contribution is 5.94. The molecule has 0 aromatic carbocycles. The molecule has 218 valence electrons. The van der Waals surface area contributed by atoms with Crippen LogP contribution in [0.1, 0.15) is 62.4 Å². The molecule has 0 aliphatic heterocycles. The normalized spacial score (nSPS) is 11.0. The quantitative estimate of drug-likeness (QED) is 0.158. The standard InChI is InChI=1S/C31H37N9O2/c32-13-5-17-36-30(41)23-9-11-25(38-19-23)21-40(22-26-12-10-24(20-39-26)31(42)37-18-6-14-33)29(27-7-1-3-15-34-27)28-8-2-4-16-35-28/h1-4,7-12,15-16,19-20,29H,5-6,13-14,17-18,21-22,32-33H2,(H,36,41)(H,37,42). The van der Waals surface area contributed by atoms with Gasteiger partial charge in [-0.1, -0.05) is 12.1 Å². The Morgan fingerprint density at radius 1 is 0.667 bits per heavy atom. The fraction of sp³-hybridized carbons (Fsp3) is 0.290. The van der Waals surface area contributed by atoms with E-state index in [0.717, 1.165) is 22.8 Å². The van der Waals surface area contributed by atoms with E-state index in [4.69, 9.17) is 11.5 Å². The molecule has 11 nitrogen and oxygen atoms in total. The van der Waals surface area contributed by atoms with Gasteiger partial charge in [0.15, 0.2) is 0 Å². The van der Waals surface area contributed by atoms with Gasteiger partial charge in [-0.2, -0.15) is 0 Å². The Kier molecular flexibility index (Phi) is 11.6. The van der Waals surface area contributed by atoms with Crippen molar-refractivity contribution in [2.75, 3.05) is 26.2 Å². The lowest BCUT2D eigenvalue weighted by Crippen LogP contribution is -2.31. The lowest BCUT2D eigenvalue weighted by molar-refractivity contribution is 0.0945. The maximum Gasteiger partial charge on any atom is 0.252 e. The third-order valence-electron chi connectivity index (χ3n) is 6.54. The molecule has 6 N–H and O–H groups in total. The summed E-state index contributed by atoms with van der Waals surface area (Å²) in [6.07, 6.45) is 8.10.